The van der Waals surface area contributed by atoms with Crippen molar-refractivity contribution in [3.63, 3.8) is 0 Å². The number of amides is 8. The second-order valence-corrected chi connectivity index (χ2v) is 34.4. The lowest BCUT2D eigenvalue weighted by Gasteiger charge is -2.36. The maximum atomic E-state index is 14.5. The van der Waals surface area contributed by atoms with Crippen molar-refractivity contribution in [1.29, 1.82) is 0 Å². The number of carboxylic acids is 12. The van der Waals surface area contributed by atoms with E-state index >= 15 is 0 Å². The monoisotopic (exact) mass is 1960 g/mol. The predicted molar refractivity (Wildman–Crippen MR) is 480 cm³/mol. The van der Waals surface area contributed by atoms with Crippen LogP contribution in [0.5, 0.6) is 0 Å². The van der Waals surface area contributed by atoms with Crippen LogP contribution in [0.3, 0.4) is 0 Å². The van der Waals surface area contributed by atoms with E-state index in [4.69, 9.17) is 0 Å². The third-order valence-corrected chi connectivity index (χ3v) is 23.8. The minimum Gasteiger partial charge on any atom is -0.480 e. The van der Waals surface area contributed by atoms with E-state index in [2.05, 4.69) is 42.5 Å². The quantitative estimate of drug-likeness (QED) is 0.0269. The van der Waals surface area contributed by atoms with Gasteiger partial charge in [-0.3, -0.25) is 174 Å². The first-order chi connectivity index (χ1) is 64.6. The van der Waals surface area contributed by atoms with Crippen LogP contribution in [0.15, 0.2) is 0 Å². The molecule has 0 aromatic rings. The zero-order valence-corrected chi connectivity index (χ0v) is 78.3. The van der Waals surface area contributed by atoms with Crippen LogP contribution in [0.2, 0.25) is 0 Å². The third kappa shape index (κ3) is 50.6. The zero-order chi connectivity index (χ0) is 102. The van der Waals surface area contributed by atoms with Gasteiger partial charge in [-0.2, -0.15) is 0 Å². The number of carbonyl (C=O) groups excluding carboxylic acids is 8. The number of hydrogen-bond acceptors (Lipinski definition) is 36. The lowest BCUT2D eigenvalue weighted by atomic mass is 9.86. The minimum atomic E-state index is -1.89. The molecular weight excluding hydrogens is 1820 g/mol. The van der Waals surface area contributed by atoms with Crippen molar-refractivity contribution in [2.75, 3.05) is 340 Å². The number of carboxylic acid groups (broad SMARTS) is 12. The van der Waals surface area contributed by atoms with Gasteiger partial charge < -0.3 is 104 Å². The van der Waals surface area contributed by atoms with Crippen molar-refractivity contribution in [2.24, 2.45) is 5.41 Å². The Hall–Kier alpha value is -11.2. The molecule has 4 aliphatic rings. The highest BCUT2D eigenvalue weighted by Gasteiger charge is 2.37. The molecule has 0 aromatic carbocycles. The van der Waals surface area contributed by atoms with E-state index in [9.17, 15) is 157 Å². The van der Waals surface area contributed by atoms with Crippen molar-refractivity contribution < 1.29 is 157 Å². The van der Waals surface area contributed by atoms with E-state index < -0.39 is 279 Å². The van der Waals surface area contributed by atoms with E-state index in [1.165, 1.54) is 86.5 Å². The summed E-state index contributed by atoms with van der Waals surface area (Å²) < 4.78 is 0. The largest absolute Gasteiger partial charge is 0.480 e. The fraction of sp³-hybridized carbons (Fsp3) is 0.753. The lowest BCUT2D eigenvalue weighted by molar-refractivity contribution is -0.141. The van der Waals surface area contributed by atoms with Crippen LogP contribution in [-0.4, -0.2) is 623 Å². The number of nitrogens with one attached hydrogen (secondary N) is 8. The maximum absolute atomic E-state index is 14.5. The Balaban J connectivity index is 1.81. The second-order valence-electron chi connectivity index (χ2n) is 34.4. The molecule has 0 bridgehead atoms. The topological polar surface area (TPSA) is 732 Å². The average molecular weight is 1960 g/mol. The number of carbonyl (C=O) groups is 20. The van der Waals surface area contributed by atoms with Gasteiger partial charge in [-0.15, -0.1) is 0 Å². The van der Waals surface area contributed by atoms with Crippen LogP contribution in [0.1, 0.15) is 27.7 Å². The van der Waals surface area contributed by atoms with Gasteiger partial charge in [-0.05, 0) is 27.7 Å². The molecule has 20 N–H and O–H groups in total. The Labute approximate surface area is 791 Å². The SMILES string of the molecule is C[C@H](C(=O)NCC(=O)NCC(CNC(=O)CNC(=O)[C@H](C)N1CCN(CC(=O)O)CCN(CC(=O)O)CCN(CC(=O)O)CC1)(CNC(=O)CNC(=O)[C@H](C)N1CCN(CC(=O)O)CCN(CC(=O)O)CCN(CC(=O)O)CC1)CNC(=O)CNC(=O)[C@H](C)N1CCN(CC(=O)O)CCN(CC(=O)O)CCN(CC(=O)O)CC1)N1CCN(CC(=O)O)CCN(CC(=O)O)CCN(CC(=O)O)CC1. The van der Waals surface area contributed by atoms with Gasteiger partial charge >= 0.3 is 71.6 Å². The lowest BCUT2D eigenvalue weighted by Crippen LogP contribution is -2.59. The number of hydrogen-bond donors (Lipinski definition) is 20. The van der Waals surface area contributed by atoms with Gasteiger partial charge in [0.15, 0.2) is 0 Å². The standard InChI is InChI=1S/C81H140N24O32/c1-57(102-29-21-94(45-69(118)119)13-5-90(41-65(110)111)6-14-95(22-30-102)46-70(120)121)77(134)82-37-61(106)86-53-81(54-87-62(107)38-83-78(135)58(2)103-31-23-96(47-71(122)123)15-7-91(42-66(112)113)8-16-97(24-32-103)48-72(124)125,55-88-63(108)39-84-79(136)59(3)104-33-25-98(49-73(126)127)17-9-92(43-67(114)115)10-18-99(26-34-104)50-74(128)129)56-89-64(109)40-85-80(137)60(4)105-35-27-100(51-75(130)131)19-11-93(44-68(116)117)12-20-101(28-36-105)52-76(132)133/h57-60H,5-56H2,1-4H3,(H,82,134)(H,83,135)(H,84,136)(H,85,137)(H,86,106)(H,87,107)(H,88,108)(H,89,109)(H,110,111)(H,112,113)(H,114,115)(H,116,117)(H,118,119)(H,120,121)(H,122,123)(H,124,125)(H,126,127)(H,128,129)(H,130,131)(H,132,133)/t57-,58-,59-,60+/m0/s1. The molecule has 0 radical (unpaired) electrons. The zero-order valence-electron chi connectivity index (χ0n) is 78.3. The van der Waals surface area contributed by atoms with Crippen LogP contribution in [0.25, 0.3) is 0 Å². The molecule has 4 heterocycles. The molecule has 0 unspecified atom stereocenters. The smallest absolute Gasteiger partial charge is 0.317 e. The summed E-state index contributed by atoms with van der Waals surface area (Å²) in [5, 5.41) is 138. The summed E-state index contributed by atoms with van der Waals surface area (Å²) in [4.78, 5) is 284. The Morgan fingerprint density at radius 3 is 0.387 bits per heavy atom. The minimum absolute atomic E-state index is 0.00177. The Kier molecular flexibility index (Phi) is 53.9. The van der Waals surface area contributed by atoms with E-state index in [-0.39, 0.29) is 209 Å². The summed E-state index contributed by atoms with van der Waals surface area (Å²) in [6.45, 7) is -5.00. The number of rotatable bonds is 48. The summed E-state index contributed by atoms with van der Waals surface area (Å²) in [7, 11) is 0. The molecule has 4 rings (SSSR count). The number of nitrogens with zero attached hydrogens (tertiary/aromatic N) is 16. The first kappa shape index (κ1) is 118. The van der Waals surface area contributed by atoms with Crippen molar-refractivity contribution in [2.45, 2.75) is 51.9 Å². The van der Waals surface area contributed by atoms with Crippen LogP contribution in [0.4, 0.5) is 0 Å². The van der Waals surface area contributed by atoms with Gasteiger partial charge in [0.1, 0.15) is 0 Å². The van der Waals surface area contributed by atoms with Gasteiger partial charge in [0.25, 0.3) is 0 Å². The van der Waals surface area contributed by atoms with Crippen LogP contribution in [0, 0.1) is 5.41 Å². The molecule has 4 aliphatic heterocycles. The highest BCUT2D eigenvalue weighted by molar-refractivity contribution is 5.90. The molecular formula is C81H140N24O32. The first-order valence-electron chi connectivity index (χ1n) is 45.1. The third-order valence-electron chi connectivity index (χ3n) is 23.8. The van der Waals surface area contributed by atoms with E-state index in [0.717, 1.165) is 0 Å². The van der Waals surface area contributed by atoms with Gasteiger partial charge in [-0.25, -0.2) is 0 Å². The van der Waals surface area contributed by atoms with E-state index in [1.807, 2.05) is 0 Å². The fourth-order valence-corrected chi connectivity index (χ4v) is 15.6. The van der Waals surface area contributed by atoms with Crippen molar-refractivity contribution in [3.8, 4) is 0 Å². The summed E-state index contributed by atoms with van der Waals surface area (Å²) in [6, 6.07) is -4.54. The molecule has 4 fully saturated rings. The average Bonchev–Trinajstić information content (AvgIpc) is 0.844. The van der Waals surface area contributed by atoms with Crippen LogP contribution >= 0.6 is 0 Å². The van der Waals surface area contributed by atoms with Gasteiger partial charge in [0.05, 0.1) is 129 Å². The molecule has 56 nitrogen and oxygen atoms in total. The number of aliphatic carboxylic acids is 12. The van der Waals surface area contributed by atoms with Gasteiger partial charge in [0, 0.05) is 241 Å². The van der Waals surface area contributed by atoms with Gasteiger partial charge in [0.2, 0.25) is 47.3 Å². The molecule has 4 saturated heterocycles. The van der Waals surface area contributed by atoms with E-state index in [0.29, 0.717) is 0 Å². The Bertz CT molecular complexity index is 3390. The van der Waals surface area contributed by atoms with Crippen molar-refractivity contribution in [1.82, 2.24) is 121 Å². The fourth-order valence-electron chi connectivity index (χ4n) is 15.6. The first-order valence-corrected chi connectivity index (χ1v) is 45.1. The normalized spacial score (nSPS) is 19.2. The molecule has 8 amide bonds. The molecule has 0 aliphatic carbocycles. The second kappa shape index (κ2) is 62.6. The molecule has 0 aromatic heterocycles. The van der Waals surface area contributed by atoms with Crippen LogP contribution < -0.4 is 42.5 Å². The molecule has 776 valence electrons. The summed E-state index contributed by atoms with van der Waals surface area (Å²) in [6.07, 6.45) is 0. The summed E-state index contributed by atoms with van der Waals surface area (Å²) in [5.41, 5.74) is -1.89. The predicted octanol–water partition coefficient (Wildman–Crippen LogP) is -13.6. The Morgan fingerprint density at radius 2 is 0.285 bits per heavy atom. The maximum Gasteiger partial charge on any atom is 0.317 e. The van der Waals surface area contributed by atoms with Crippen molar-refractivity contribution in [3.05, 3.63) is 0 Å². The van der Waals surface area contributed by atoms with Gasteiger partial charge in [-0.1, -0.05) is 0 Å². The highest BCUT2D eigenvalue weighted by Crippen LogP contribution is 2.17. The molecule has 56 heteroatoms. The van der Waals surface area contributed by atoms with E-state index in [1.54, 1.807) is 19.6 Å². The molecule has 137 heavy (non-hydrogen) atoms. The highest BCUT2D eigenvalue weighted by atomic mass is 16.4. The Morgan fingerprint density at radius 1 is 0.182 bits per heavy atom. The molecule has 0 spiro atoms. The van der Waals surface area contributed by atoms with Crippen molar-refractivity contribution >= 4 is 119 Å². The molecule has 0 saturated carbocycles. The summed E-state index contributed by atoms with van der Waals surface area (Å²) in [5.74, 6) is -21.4. The molecule has 4 atom stereocenters. The summed E-state index contributed by atoms with van der Waals surface area (Å²) >= 11 is 0. The van der Waals surface area contributed by atoms with Crippen LogP contribution in [-0.2, 0) is 95.9 Å².